The van der Waals surface area contributed by atoms with Gasteiger partial charge in [-0.15, -0.1) is 6.42 Å². The first-order chi connectivity index (χ1) is 49.6. The normalized spacial score (nSPS) is 5.70. The molecule has 7 heteroatoms. The van der Waals surface area contributed by atoms with E-state index in [2.05, 4.69) is 448 Å². The molecule has 0 spiro atoms. The SMILES string of the molecule is C#CC#CC#CC#CC#CC#CC#CC#CC#CC#CC#CC#CC#CC#CC#CC#CC#CC#CC#CC#CC#CC#CC#CC#CC#CC#CC#CC#CC#CC#CC#CC#CC#CC#CC#CC#CC#CC.COC(=O)c1ccc(CCC(=O)NCCCNC(=O)OC(C)(C)C)cc1. The molecule has 2 amide bonds. The molecular weight excluding hydrogens is 1240 g/mol. The van der Waals surface area contributed by atoms with Gasteiger partial charge < -0.3 is 20.1 Å². The molecule has 1 aromatic carbocycles. The molecule has 1 rings (SSSR count). The third kappa shape index (κ3) is 66.9. The lowest BCUT2D eigenvalue weighted by Crippen LogP contribution is -2.34. The predicted octanol–water partition coefficient (Wildman–Crippen LogP) is 3.20. The Balaban J connectivity index is 0.00000319. The number of methoxy groups -OCH3 is 1. The molecule has 0 aromatic heterocycles. The highest BCUT2D eigenvalue weighted by Gasteiger charge is 2.15. The Morgan fingerprint density at radius 3 is 0.733 bits per heavy atom. The Hall–Kier alpha value is -18.9. The Morgan fingerprint density at radius 1 is 0.327 bits per heavy atom. The van der Waals surface area contributed by atoms with Crippen molar-refractivity contribution >= 4 is 18.0 Å². The fourth-order valence-electron chi connectivity index (χ4n) is 4.35. The van der Waals surface area contributed by atoms with E-state index in [1.54, 1.807) is 39.8 Å². The van der Waals surface area contributed by atoms with E-state index < -0.39 is 11.7 Å². The summed E-state index contributed by atoms with van der Waals surface area (Å²) in [4.78, 5) is 34.6. The molecule has 2 N–H and O–H groups in total. The van der Waals surface area contributed by atoms with Gasteiger partial charge in [0, 0.05) is 351 Å². The van der Waals surface area contributed by atoms with E-state index in [1.807, 2.05) is 12.1 Å². The summed E-state index contributed by atoms with van der Waals surface area (Å²) in [7, 11) is 1.34. The number of carbonyl (C=O) groups is 3. The van der Waals surface area contributed by atoms with Gasteiger partial charge >= 0.3 is 12.1 Å². The Morgan fingerprint density at radius 2 is 0.535 bits per heavy atom. The van der Waals surface area contributed by atoms with Crippen LogP contribution in [0.4, 0.5) is 4.79 Å². The molecule has 0 fully saturated rings. The van der Waals surface area contributed by atoms with Gasteiger partial charge in [-0.2, -0.15) is 0 Å². The van der Waals surface area contributed by atoms with Gasteiger partial charge in [0.15, 0.2) is 0 Å². The summed E-state index contributed by atoms with van der Waals surface area (Å²) in [5.74, 6) is 181. The van der Waals surface area contributed by atoms with Crippen molar-refractivity contribution in [2.45, 2.75) is 52.6 Å². The van der Waals surface area contributed by atoms with Crippen LogP contribution in [0.3, 0.4) is 0 Å². The van der Waals surface area contributed by atoms with Gasteiger partial charge in [-0.25, -0.2) is 9.59 Å². The quantitative estimate of drug-likeness (QED) is 0.238. The van der Waals surface area contributed by atoms with Crippen LogP contribution in [0.1, 0.15) is 56.5 Å². The van der Waals surface area contributed by atoms with Crippen LogP contribution < -0.4 is 10.6 Å². The highest BCUT2D eigenvalue weighted by atomic mass is 16.6. The zero-order chi connectivity index (χ0) is 73.2. The topological polar surface area (TPSA) is 93.7 Å². The van der Waals surface area contributed by atoms with Gasteiger partial charge in [-0.3, -0.25) is 4.79 Å². The van der Waals surface area contributed by atoms with E-state index in [4.69, 9.17) is 11.2 Å². The molecule has 0 saturated carbocycles. The van der Waals surface area contributed by atoms with Crippen LogP contribution in [-0.4, -0.2) is 43.8 Å². The van der Waals surface area contributed by atoms with E-state index in [1.165, 1.54) is 7.11 Å². The van der Waals surface area contributed by atoms with Crippen molar-refractivity contribution in [2.75, 3.05) is 20.2 Å². The molecule has 0 aliphatic rings. The second-order valence-corrected chi connectivity index (χ2v) is 16.1. The summed E-state index contributed by atoms with van der Waals surface area (Å²) < 4.78 is 9.76. The lowest BCUT2D eigenvalue weighted by atomic mass is 10.1. The average Bonchev–Trinajstić information content (AvgIpc) is 0.940. The molecule has 448 valence electrons. The number of hydrogen-bond acceptors (Lipinski definition) is 5. The minimum Gasteiger partial charge on any atom is -0.465 e. The summed E-state index contributed by atoms with van der Waals surface area (Å²) in [5.41, 5.74) is 0.936. The van der Waals surface area contributed by atoms with Gasteiger partial charge in [0.25, 0.3) is 0 Å². The van der Waals surface area contributed by atoms with Crippen LogP contribution in [0.25, 0.3) is 0 Å². The number of hydrogen-bond donors (Lipinski definition) is 2. The van der Waals surface area contributed by atoms with E-state index in [-0.39, 0.29) is 11.9 Å². The molecule has 0 saturated heterocycles. The molecule has 0 aliphatic heterocycles. The summed E-state index contributed by atoms with van der Waals surface area (Å²) in [6.07, 6.45) is 6.06. The standard InChI is InChI=1S/C75H4.C19H28N2O5/c1-3-5-7-9-11-13-15-17-19-21-23-25-27-29-31-33-35-37-39-41-43-45-47-49-51-53-55-57-59-61-63-65-67-69-71-73-75-74-72-70-68-66-64-62-60-58-56-54-52-50-48-46-44-42-40-38-36-34-32-30-28-26-24-22-20-18-16-14-12-10-8-6-4-2;1-19(2,3)26-18(24)21-13-5-12-20-16(22)11-8-14-6-9-15(10-7-14)17(23)25-4/h1H,2H3;6-7,9-10H,5,8,11-13H2,1-4H3,(H,20,22)(H,21,24). The Labute approximate surface area is 595 Å². The largest absolute Gasteiger partial charge is 0.465 e. The van der Waals surface area contributed by atoms with Crippen molar-refractivity contribution in [1.29, 1.82) is 0 Å². The number of carbonyl (C=O) groups excluding carboxylic acids is 3. The molecule has 0 heterocycles. The van der Waals surface area contributed by atoms with Gasteiger partial charge in [0.1, 0.15) is 5.60 Å². The van der Waals surface area contributed by atoms with E-state index in [0.717, 1.165) is 5.56 Å². The molecule has 7 nitrogen and oxygen atoms in total. The zero-order valence-electron chi connectivity index (χ0n) is 54.0. The molecule has 0 atom stereocenters. The zero-order valence-corrected chi connectivity index (χ0v) is 54.0. The van der Waals surface area contributed by atoms with Gasteiger partial charge in [-0.05, 0) is 153 Å². The number of aryl methyl sites for hydroxylation is 1. The first-order valence-corrected chi connectivity index (χ1v) is 27.4. The maximum atomic E-state index is 11.8. The highest BCUT2D eigenvalue weighted by molar-refractivity contribution is 5.89. The lowest BCUT2D eigenvalue weighted by molar-refractivity contribution is -0.121. The van der Waals surface area contributed by atoms with Crippen molar-refractivity contribution in [3.63, 3.8) is 0 Å². The van der Waals surface area contributed by atoms with Gasteiger partial charge in [-0.1, -0.05) is 18.1 Å². The lowest BCUT2D eigenvalue weighted by Gasteiger charge is -2.19. The number of rotatable bonds is 8. The van der Waals surface area contributed by atoms with Gasteiger partial charge in [0.05, 0.1) is 12.7 Å². The molecular formula is C94H32N2O5. The minimum absolute atomic E-state index is 0.0562. The Kier molecular flexibility index (Phi) is 54.6. The number of esters is 1. The number of amides is 2. The van der Waals surface area contributed by atoms with E-state index in [9.17, 15) is 14.4 Å². The fraction of sp³-hybridized carbons (Fsp3) is 0.117. The number of nitrogens with one attached hydrogen (secondary N) is 2. The molecule has 0 aliphatic carbocycles. The first-order valence-electron chi connectivity index (χ1n) is 27.4. The first kappa shape index (κ1) is 82.1. The molecule has 0 bridgehead atoms. The number of ether oxygens (including phenoxy) is 2. The highest BCUT2D eigenvalue weighted by Crippen LogP contribution is 2.08. The molecule has 1 aromatic rings. The van der Waals surface area contributed by atoms with Gasteiger partial charge in [0.2, 0.25) is 5.91 Å². The van der Waals surface area contributed by atoms with Crippen molar-refractivity contribution in [2.24, 2.45) is 0 Å². The fourth-order valence-corrected chi connectivity index (χ4v) is 4.35. The van der Waals surface area contributed by atoms with Crippen LogP contribution in [0.15, 0.2) is 24.3 Å². The maximum absolute atomic E-state index is 11.8. The number of benzene rings is 1. The summed E-state index contributed by atoms with van der Waals surface area (Å²) in [5, 5.41) is 5.45. The van der Waals surface area contributed by atoms with Crippen molar-refractivity contribution in [1.82, 2.24) is 10.6 Å². The average molecular weight is 1270 g/mol. The van der Waals surface area contributed by atoms with Crippen molar-refractivity contribution in [3.05, 3.63) is 35.4 Å². The number of terminal acetylenes is 1. The minimum atomic E-state index is -0.520. The van der Waals surface area contributed by atoms with Crippen molar-refractivity contribution in [3.8, 4) is 439 Å². The smallest absolute Gasteiger partial charge is 0.407 e. The molecule has 101 heavy (non-hydrogen) atoms. The second kappa shape index (κ2) is 67.1. The monoisotopic (exact) mass is 1270 g/mol. The van der Waals surface area contributed by atoms with Crippen LogP contribution in [0.5, 0.6) is 0 Å². The summed E-state index contributed by atoms with van der Waals surface area (Å²) >= 11 is 0. The van der Waals surface area contributed by atoms with E-state index in [0.29, 0.717) is 37.9 Å². The van der Waals surface area contributed by atoms with Crippen LogP contribution >= 0.6 is 0 Å². The second-order valence-electron chi connectivity index (χ2n) is 16.1. The third-order valence-corrected chi connectivity index (χ3v) is 7.93. The maximum Gasteiger partial charge on any atom is 0.407 e. The summed E-state index contributed by atoms with van der Waals surface area (Å²) in [6.45, 7) is 8.00. The van der Waals surface area contributed by atoms with Crippen molar-refractivity contribution < 1.29 is 23.9 Å². The van der Waals surface area contributed by atoms with Crippen LogP contribution in [0.2, 0.25) is 0 Å². The molecule has 0 radical (unpaired) electrons. The Bertz CT molecular complexity index is 6070. The molecule has 0 unspecified atom stereocenters. The summed E-state index contributed by atoms with van der Waals surface area (Å²) in [6, 6.07) is 6.98. The number of alkyl carbamates (subject to hydrolysis) is 1. The predicted molar refractivity (Wildman–Crippen MR) is 392 cm³/mol. The van der Waals surface area contributed by atoms with Crippen LogP contribution in [-0.2, 0) is 20.7 Å². The van der Waals surface area contributed by atoms with Crippen LogP contribution in [0, 0.1) is 439 Å². The van der Waals surface area contributed by atoms with E-state index >= 15 is 0 Å². The third-order valence-electron chi connectivity index (χ3n) is 7.93.